The number of aliphatic hydroxyl groups is 8. The van der Waals surface area contributed by atoms with Gasteiger partial charge in [-0.3, -0.25) is 0 Å². The quantitative estimate of drug-likeness (QED) is 0.243. The zero-order valence-corrected chi connectivity index (χ0v) is 12.0. The van der Waals surface area contributed by atoms with Gasteiger partial charge in [-0.25, -0.2) is 0 Å². The van der Waals surface area contributed by atoms with E-state index in [2.05, 4.69) is 0 Å². The Hall–Kier alpha value is -0.440. The van der Waals surface area contributed by atoms with Crippen molar-refractivity contribution in [3.05, 3.63) is 0 Å². The van der Waals surface area contributed by atoms with Crippen LogP contribution in [0.5, 0.6) is 0 Å². The maximum atomic E-state index is 9.94. The summed E-state index contributed by atoms with van der Waals surface area (Å²) in [6.45, 7) is -1.35. The van der Waals surface area contributed by atoms with E-state index >= 15 is 0 Å². The first-order valence-corrected chi connectivity index (χ1v) is 7.08. The molecule has 11 heteroatoms. The average Bonchev–Trinajstić information content (AvgIpc) is 2.55. The predicted molar refractivity (Wildman–Crippen MR) is 68.6 cm³/mol. The van der Waals surface area contributed by atoms with Gasteiger partial charge in [-0.05, 0) is 0 Å². The lowest BCUT2D eigenvalue weighted by Gasteiger charge is -2.45. The molecule has 2 heterocycles. The lowest BCUT2D eigenvalue weighted by Crippen LogP contribution is -2.64. The molecule has 0 spiro atoms. The highest BCUT2D eigenvalue weighted by molar-refractivity contribution is 4.93. The Bertz CT molecular complexity index is 378. The third kappa shape index (κ3) is 3.65. The largest absolute Gasteiger partial charge is 0.394 e. The molecule has 5 unspecified atom stereocenters. The van der Waals surface area contributed by atoms with Gasteiger partial charge in [0.05, 0.1) is 13.2 Å². The Balaban J connectivity index is 2.11. The molecule has 0 bridgehead atoms. The minimum atomic E-state index is -1.74. The summed E-state index contributed by atoms with van der Waals surface area (Å²) >= 11 is 0. The zero-order chi connectivity index (χ0) is 17.3. The van der Waals surface area contributed by atoms with Crippen LogP contribution in [0.1, 0.15) is 0 Å². The molecule has 2 aliphatic rings. The smallest absolute Gasteiger partial charge is 0.187 e. The van der Waals surface area contributed by atoms with Crippen molar-refractivity contribution in [3.8, 4) is 0 Å². The normalized spacial score (nSPS) is 51.7. The molecule has 0 saturated carbocycles. The molecule has 10 atom stereocenters. The topological polar surface area (TPSA) is 190 Å². The van der Waals surface area contributed by atoms with Crippen molar-refractivity contribution in [2.45, 2.75) is 61.4 Å². The highest BCUT2D eigenvalue weighted by Crippen LogP contribution is 2.28. The summed E-state index contributed by atoms with van der Waals surface area (Å²) in [5.41, 5.74) is 0. The van der Waals surface area contributed by atoms with E-state index in [0.29, 0.717) is 0 Å². The van der Waals surface area contributed by atoms with Crippen LogP contribution < -0.4 is 0 Å². The fourth-order valence-electron chi connectivity index (χ4n) is 2.57. The van der Waals surface area contributed by atoms with E-state index < -0.39 is 74.6 Å². The van der Waals surface area contributed by atoms with Crippen molar-refractivity contribution < 1.29 is 55.1 Å². The molecule has 0 aromatic heterocycles. The monoisotopic (exact) mass is 342 g/mol. The third-order valence-corrected chi connectivity index (χ3v) is 3.98. The molecule has 2 fully saturated rings. The van der Waals surface area contributed by atoms with Crippen LogP contribution in [0.25, 0.3) is 0 Å². The van der Waals surface area contributed by atoms with Gasteiger partial charge < -0.3 is 55.1 Å². The second kappa shape index (κ2) is 7.63. The SMILES string of the molecule is OCC1O[C@@H](O[C@@H]2C(CO)O[C@@H](O)C(O)C2O)[C@@H](O)C(O)[C@@H]1O. The Labute approximate surface area is 130 Å². The molecule has 0 aliphatic carbocycles. The van der Waals surface area contributed by atoms with E-state index in [1.54, 1.807) is 0 Å². The lowest BCUT2D eigenvalue weighted by molar-refractivity contribution is -0.355. The number of hydrogen-bond acceptors (Lipinski definition) is 11. The van der Waals surface area contributed by atoms with Gasteiger partial charge in [0.2, 0.25) is 0 Å². The van der Waals surface area contributed by atoms with Crippen LogP contribution in [0.2, 0.25) is 0 Å². The van der Waals surface area contributed by atoms with Crippen LogP contribution in [0.4, 0.5) is 0 Å². The molecule has 0 amide bonds. The summed E-state index contributed by atoms with van der Waals surface area (Å²) in [5, 5.41) is 76.5. The van der Waals surface area contributed by atoms with E-state index in [1.165, 1.54) is 0 Å². The highest BCUT2D eigenvalue weighted by Gasteiger charge is 2.50. The Morgan fingerprint density at radius 3 is 1.83 bits per heavy atom. The highest BCUT2D eigenvalue weighted by atomic mass is 16.7. The summed E-state index contributed by atoms with van der Waals surface area (Å²) in [6, 6.07) is 0. The van der Waals surface area contributed by atoms with E-state index in [4.69, 9.17) is 19.3 Å². The first kappa shape index (κ1) is 18.9. The van der Waals surface area contributed by atoms with Crippen molar-refractivity contribution in [1.82, 2.24) is 0 Å². The van der Waals surface area contributed by atoms with Crippen molar-refractivity contribution in [2.24, 2.45) is 0 Å². The molecular weight excluding hydrogens is 320 g/mol. The maximum Gasteiger partial charge on any atom is 0.187 e. The number of rotatable bonds is 4. The third-order valence-electron chi connectivity index (χ3n) is 3.98. The van der Waals surface area contributed by atoms with Gasteiger partial charge in [-0.2, -0.15) is 0 Å². The van der Waals surface area contributed by atoms with Crippen LogP contribution in [-0.4, -0.2) is 115 Å². The summed E-state index contributed by atoms with van der Waals surface area (Å²) < 4.78 is 15.3. The Morgan fingerprint density at radius 1 is 0.652 bits per heavy atom. The average molecular weight is 342 g/mol. The van der Waals surface area contributed by atoms with E-state index in [1.807, 2.05) is 0 Å². The molecule has 11 nitrogen and oxygen atoms in total. The number of aliphatic hydroxyl groups excluding tert-OH is 8. The molecule has 136 valence electrons. The molecule has 2 aliphatic heterocycles. The van der Waals surface area contributed by atoms with Crippen LogP contribution in [0.15, 0.2) is 0 Å². The van der Waals surface area contributed by atoms with Crippen LogP contribution in [0.3, 0.4) is 0 Å². The molecule has 8 N–H and O–H groups in total. The van der Waals surface area contributed by atoms with Crippen molar-refractivity contribution in [2.75, 3.05) is 13.2 Å². The van der Waals surface area contributed by atoms with Crippen molar-refractivity contribution >= 4 is 0 Å². The standard InChI is InChI=1S/C12H22O11/c13-1-3-5(15)6(16)9(19)12(22-3)23-10-4(2-14)21-11(20)8(18)7(10)17/h3-20H,1-2H2/t3?,4?,5-,6?,7?,8?,9+,10-,11-,12+/m1/s1. The fourth-order valence-corrected chi connectivity index (χ4v) is 2.57. The molecular formula is C12H22O11. The van der Waals surface area contributed by atoms with Crippen molar-refractivity contribution in [1.29, 1.82) is 0 Å². The van der Waals surface area contributed by atoms with Crippen LogP contribution in [-0.2, 0) is 14.2 Å². The van der Waals surface area contributed by atoms with Gasteiger partial charge in [0.15, 0.2) is 12.6 Å². The van der Waals surface area contributed by atoms with Gasteiger partial charge in [-0.15, -0.1) is 0 Å². The Kier molecular flexibility index (Phi) is 6.27. The summed E-state index contributed by atoms with van der Waals surface area (Å²) in [7, 11) is 0. The van der Waals surface area contributed by atoms with Gasteiger partial charge in [-0.1, -0.05) is 0 Å². The minimum Gasteiger partial charge on any atom is -0.394 e. The van der Waals surface area contributed by atoms with E-state index in [0.717, 1.165) is 0 Å². The second-order valence-electron chi connectivity index (χ2n) is 5.53. The van der Waals surface area contributed by atoms with Crippen LogP contribution >= 0.6 is 0 Å². The molecule has 23 heavy (non-hydrogen) atoms. The summed E-state index contributed by atoms with van der Waals surface area (Å²) in [4.78, 5) is 0. The van der Waals surface area contributed by atoms with Crippen LogP contribution in [0, 0.1) is 0 Å². The van der Waals surface area contributed by atoms with Gasteiger partial charge in [0.25, 0.3) is 0 Å². The second-order valence-corrected chi connectivity index (χ2v) is 5.53. The Morgan fingerprint density at radius 2 is 1.26 bits per heavy atom. The lowest BCUT2D eigenvalue weighted by atomic mass is 9.97. The van der Waals surface area contributed by atoms with Gasteiger partial charge >= 0.3 is 0 Å². The summed E-state index contributed by atoms with van der Waals surface area (Å²) in [6.07, 6.45) is -15.6. The van der Waals surface area contributed by atoms with Crippen molar-refractivity contribution in [3.63, 3.8) is 0 Å². The fraction of sp³-hybridized carbons (Fsp3) is 1.00. The number of ether oxygens (including phenoxy) is 3. The van der Waals surface area contributed by atoms with E-state index in [9.17, 15) is 35.7 Å². The molecule has 2 rings (SSSR count). The van der Waals surface area contributed by atoms with Gasteiger partial charge in [0.1, 0.15) is 48.8 Å². The first-order valence-electron chi connectivity index (χ1n) is 7.08. The van der Waals surface area contributed by atoms with E-state index in [-0.39, 0.29) is 0 Å². The summed E-state index contributed by atoms with van der Waals surface area (Å²) in [5.74, 6) is 0. The molecule has 2 saturated heterocycles. The minimum absolute atomic E-state index is 0.667. The molecule has 0 aromatic carbocycles. The predicted octanol–water partition coefficient (Wildman–Crippen LogP) is -5.40. The zero-order valence-electron chi connectivity index (χ0n) is 12.0. The number of hydrogen-bond donors (Lipinski definition) is 8. The first-order chi connectivity index (χ1) is 10.8. The molecule has 0 radical (unpaired) electrons. The maximum absolute atomic E-state index is 9.94. The van der Waals surface area contributed by atoms with Gasteiger partial charge in [0, 0.05) is 0 Å². The molecule has 0 aromatic rings.